The number of rotatable bonds is 6. The SMILES string of the molecule is CCC(=O)c1cnc(NC(=O)C2CC2)cc1Nc1nccc2c1N(C)[C@@H](C)c1nc(C)nn1-2. The molecule has 170 valence electrons. The first kappa shape index (κ1) is 21.0. The van der Waals surface area contributed by atoms with Crippen LogP contribution in [0.5, 0.6) is 0 Å². The smallest absolute Gasteiger partial charge is 0.228 e. The van der Waals surface area contributed by atoms with Gasteiger partial charge in [-0.1, -0.05) is 6.92 Å². The minimum absolute atomic E-state index is 0.0222. The van der Waals surface area contributed by atoms with Crippen molar-refractivity contribution in [3.63, 3.8) is 0 Å². The number of carbonyl (C=O) groups is 2. The summed E-state index contributed by atoms with van der Waals surface area (Å²) < 4.78 is 1.84. The lowest BCUT2D eigenvalue weighted by molar-refractivity contribution is -0.117. The minimum Gasteiger partial charge on any atom is -0.360 e. The van der Waals surface area contributed by atoms with Gasteiger partial charge >= 0.3 is 0 Å². The van der Waals surface area contributed by atoms with E-state index < -0.39 is 0 Å². The first-order chi connectivity index (χ1) is 15.9. The molecule has 1 atom stereocenters. The fraction of sp³-hybridized carbons (Fsp3) is 0.391. The fourth-order valence-electron chi connectivity index (χ4n) is 4.04. The highest BCUT2D eigenvalue weighted by Crippen LogP contribution is 2.41. The number of aryl methyl sites for hydroxylation is 1. The van der Waals surface area contributed by atoms with Crippen molar-refractivity contribution in [2.75, 3.05) is 22.6 Å². The van der Waals surface area contributed by atoms with Crippen molar-refractivity contribution in [2.24, 2.45) is 5.92 Å². The molecule has 0 radical (unpaired) electrons. The average Bonchev–Trinajstić information content (AvgIpc) is 3.58. The fourth-order valence-corrected chi connectivity index (χ4v) is 4.04. The normalized spacial score (nSPS) is 16.7. The Kier molecular flexibility index (Phi) is 5.07. The van der Waals surface area contributed by atoms with Gasteiger partial charge in [0.2, 0.25) is 5.91 Å². The lowest BCUT2D eigenvalue weighted by Crippen LogP contribution is -2.31. The molecule has 1 aliphatic heterocycles. The van der Waals surface area contributed by atoms with E-state index in [1.807, 2.05) is 31.6 Å². The van der Waals surface area contributed by atoms with Crippen molar-refractivity contribution in [3.05, 3.63) is 41.7 Å². The molecule has 1 saturated carbocycles. The molecule has 1 aliphatic carbocycles. The summed E-state index contributed by atoms with van der Waals surface area (Å²) >= 11 is 0. The molecule has 4 heterocycles. The molecule has 1 fully saturated rings. The molecule has 10 nitrogen and oxygen atoms in total. The molecule has 10 heteroatoms. The summed E-state index contributed by atoms with van der Waals surface area (Å²) in [5, 5.41) is 10.8. The van der Waals surface area contributed by atoms with Gasteiger partial charge in [0.25, 0.3) is 0 Å². The van der Waals surface area contributed by atoms with Crippen LogP contribution >= 0.6 is 0 Å². The number of ketones is 1. The first-order valence-corrected chi connectivity index (χ1v) is 11.1. The Morgan fingerprint density at radius 3 is 2.76 bits per heavy atom. The van der Waals surface area contributed by atoms with Crippen molar-refractivity contribution in [2.45, 2.75) is 46.1 Å². The van der Waals surface area contributed by atoms with E-state index in [9.17, 15) is 9.59 Å². The zero-order chi connectivity index (χ0) is 23.3. The summed E-state index contributed by atoms with van der Waals surface area (Å²) in [6, 6.07) is 3.57. The maximum Gasteiger partial charge on any atom is 0.228 e. The number of hydrogen-bond donors (Lipinski definition) is 2. The highest BCUT2D eigenvalue weighted by atomic mass is 16.2. The van der Waals surface area contributed by atoms with E-state index >= 15 is 0 Å². The summed E-state index contributed by atoms with van der Waals surface area (Å²) in [4.78, 5) is 40.4. The Bertz CT molecular complexity index is 1260. The van der Waals surface area contributed by atoms with Crippen LogP contribution in [0.15, 0.2) is 24.5 Å². The third kappa shape index (κ3) is 3.71. The predicted octanol–water partition coefficient (Wildman–Crippen LogP) is 3.56. The standard InChI is InChI=1S/C23H26N8O2/c1-5-18(32)15-11-25-19(28-23(33)14-6-7-14)10-16(15)27-21-20-17(8-9-24-21)31-22(12(2)30(20)4)26-13(3)29-31/h8-12,14H,5-7H2,1-4H3,(H2,24,25,27,28,33)/t12-/m0/s1. The van der Waals surface area contributed by atoms with Gasteiger partial charge in [-0.3, -0.25) is 9.59 Å². The van der Waals surface area contributed by atoms with E-state index in [-0.39, 0.29) is 23.7 Å². The molecule has 3 aromatic rings. The van der Waals surface area contributed by atoms with Crippen LogP contribution in [0.2, 0.25) is 0 Å². The lowest BCUT2D eigenvalue weighted by Gasteiger charge is -2.34. The monoisotopic (exact) mass is 446 g/mol. The van der Waals surface area contributed by atoms with Crippen molar-refractivity contribution in [3.8, 4) is 5.69 Å². The number of nitrogens with zero attached hydrogens (tertiary/aromatic N) is 6. The second-order valence-corrected chi connectivity index (χ2v) is 8.52. The second-order valence-electron chi connectivity index (χ2n) is 8.52. The number of anilines is 4. The number of fused-ring (bicyclic) bond motifs is 3. The number of hydrogen-bond acceptors (Lipinski definition) is 8. The molecule has 0 spiro atoms. The molecule has 33 heavy (non-hydrogen) atoms. The Balaban J connectivity index is 1.57. The number of amides is 1. The second kappa shape index (κ2) is 7.95. The van der Waals surface area contributed by atoms with Crippen LogP contribution in [0.3, 0.4) is 0 Å². The van der Waals surface area contributed by atoms with Gasteiger partial charge in [-0.05, 0) is 32.8 Å². The van der Waals surface area contributed by atoms with Gasteiger partial charge in [0.05, 0.1) is 23.0 Å². The van der Waals surface area contributed by atoms with Crippen LogP contribution in [0.4, 0.5) is 23.0 Å². The molecule has 0 bridgehead atoms. The number of Topliss-reactive ketones (excluding diaryl/α,β-unsaturated/α-hetero) is 1. The lowest BCUT2D eigenvalue weighted by atomic mass is 10.1. The molecular formula is C23H26N8O2. The van der Waals surface area contributed by atoms with Crippen molar-refractivity contribution in [1.29, 1.82) is 0 Å². The predicted molar refractivity (Wildman–Crippen MR) is 124 cm³/mol. The number of aromatic nitrogens is 5. The summed E-state index contributed by atoms with van der Waals surface area (Å²) in [5.41, 5.74) is 2.69. The van der Waals surface area contributed by atoms with Crippen LogP contribution in [0, 0.1) is 12.8 Å². The van der Waals surface area contributed by atoms with E-state index in [1.165, 1.54) is 6.20 Å². The van der Waals surface area contributed by atoms with Crippen molar-refractivity contribution in [1.82, 2.24) is 24.7 Å². The van der Waals surface area contributed by atoms with Gasteiger partial charge in [-0.2, -0.15) is 5.10 Å². The Morgan fingerprint density at radius 1 is 1.24 bits per heavy atom. The zero-order valence-electron chi connectivity index (χ0n) is 19.1. The van der Waals surface area contributed by atoms with E-state index in [2.05, 4.69) is 42.5 Å². The molecule has 5 rings (SSSR count). The van der Waals surface area contributed by atoms with E-state index in [0.29, 0.717) is 35.1 Å². The topological polar surface area (TPSA) is 118 Å². The van der Waals surface area contributed by atoms with Gasteiger partial charge in [-0.25, -0.2) is 19.6 Å². The summed E-state index contributed by atoms with van der Waals surface area (Å²) in [5.74, 6) is 2.50. The number of nitrogens with one attached hydrogen (secondary N) is 2. The first-order valence-electron chi connectivity index (χ1n) is 11.1. The third-order valence-electron chi connectivity index (χ3n) is 6.15. The zero-order valence-corrected chi connectivity index (χ0v) is 19.1. The van der Waals surface area contributed by atoms with E-state index in [0.717, 1.165) is 30.0 Å². The van der Waals surface area contributed by atoms with Gasteiger partial charge in [-0.15, -0.1) is 0 Å². The molecule has 0 unspecified atom stereocenters. The van der Waals surface area contributed by atoms with Crippen molar-refractivity contribution < 1.29 is 9.59 Å². The van der Waals surface area contributed by atoms with Crippen LogP contribution in [0.25, 0.3) is 5.69 Å². The Morgan fingerprint density at radius 2 is 2.03 bits per heavy atom. The molecule has 2 aliphatic rings. The Hall–Kier alpha value is -3.82. The average molecular weight is 447 g/mol. The highest BCUT2D eigenvalue weighted by molar-refractivity contribution is 6.03. The van der Waals surface area contributed by atoms with E-state index in [1.54, 1.807) is 12.3 Å². The maximum absolute atomic E-state index is 12.6. The largest absolute Gasteiger partial charge is 0.360 e. The molecular weight excluding hydrogens is 420 g/mol. The molecule has 2 N–H and O–H groups in total. The quantitative estimate of drug-likeness (QED) is 0.552. The molecule has 0 aromatic carbocycles. The summed E-state index contributed by atoms with van der Waals surface area (Å²) in [7, 11) is 1.98. The minimum atomic E-state index is -0.0502. The number of pyridine rings is 2. The van der Waals surface area contributed by atoms with Crippen LogP contribution in [-0.2, 0) is 4.79 Å². The van der Waals surface area contributed by atoms with Crippen LogP contribution < -0.4 is 15.5 Å². The van der Waals surface area contributed by atoms with Crippen LogP contribution in [0.1, 0.15) is 61.2 Å². The van der Waals surface area contributed by atoms with Gasteiger partial charge < -0.3 is 15.5 Å². The third-order valence-corrected chi connectivity index (χ3v) is 6.15. The van der Waals surface area contributed by atoms with Crippen molar-refractivity contribution >= 4 is 34.7 Å². The van der Waals surface area contributed by atoms with E-state index in [4.69, 9.17) is 0 Å². The van der Waals surface area contributed by atoms with Gasteiger partial charge in [0.15, 0.2) is 17.4 Å². The van der Waals surface area contributed by atoms with Gasteiger partial charge in [0.1, 0.15) is 17.3 Å². The maximum atomic E-state index is 12.6. The number of carbonyl (C=O) groups excluding carboxylic acids is 2. The molecule has 1 amide bonds. The van der Waals surface area contributed by atoms with Crippen LogP contribution in [-0.4, -0.2) is 43.5 Å². The summed E-state index contributed by atoms with van der Waals surface area (Å²) in [6.45, 7) is 5.74. The molecule has 3 aromatic heterocycles. The highest BCUT2D eigenvalue weighted by Gasteiger charge is 2.32. The summed E-state index contributed by atoms with van der Waals surface area (Å²) in [6.07, 6.45) is 5.35. The Labute approximate surface area is 191 Å². The van der Waals surface area contributed by atoms with Gasteiger partial charge in [0, 0.05) is 37.8 Å². The molecule has 0 saturated heterocycles.